The van der Waals surface area contributed by atoms with Crippen molar-refractivity contribution in [2.45, 2.75) is 26.2 Å². The van der Waals surface area contributed by atoms with E-state index in [-0.39, 0.29) is 11.9 Å². The highest BCUT2D eigenvalue weighted by Gasteiger charge is 2.15. The normalized spacial score (nSPS) is 16.7. The van der Waals surface area contributed by atoms with Gasteiger partial charge in [-0.25, -0.2) is 4.79 Å². The van der Waals surface area contributed by atoms with Crippen molar-refractivity contribution >= 4 is 17.6 Å². The molecular weight excluding hydrogens is 306 g/mol. The molecule has 1 heterocycles. The van der Waals surface area contributed by atoms with Crippen LogP contribution in [0.1, 0.15) is 35.2 Å². The number of hydrogen-bond donors (Lipinski definition) is 2. The minimum Gasteiger partial charge on any atom is -0.381 e. The lowest BCUT2D eigenvalue weighted by Gasteiger charge is -2.14. The Balaban J connectivity index is 1.77. The highest BCUT2D eigenvalue weighted by Crippen LogP contribution is 2.18. The third-order valence-corrected chi connectivity index (χ3v) is 4.23. The Bertz CT molecular complexity index is 581. The van der Waals surface area contributed by atoms with Gasteiger partial charge in [-0.15, -0.1) is 0 Å². The van der Waals surface area contributed by atoms with Crippen molar-refractivity contribution in [2.75, 3.05) is 39.2 Å². The second-order valence-electron chi connectivity index (χ2n) is 6.48. The number of urea groups is 1. The van der Waals surface area contributed by atoms with E-state index in [1.165, 1.54) is 4.90 Å². The van der Waals surface area contributed by atoms with E-state index in [1.54, 1.807) is 32.3 Å². The van der Waals surface area contributed by atoms with Crippen LogP contribution in [0.3, 0.4) is 0 Å². The second-order valence-corrected chi connectivity index (χ2v) is 6.48. The van der Waals surface area contributed by atoms with Gasteiger partial charge in [0.15, 0.2) is 0 Å². The van der Waals surface area contributed by atoms with Gasteiger partial charge in [-0.1, -0.05) is 0 Å². The summed E-state index contributed by atoms with van der Waals surface area (Å²) in [6.07, 6.45) is 3.17. The molecule has 1 unspecified atom stereocenters. The molecular formula is C18H27N3O3. The van der Waals surface area contributed by atoms with E-state index in [4.69, 9.17) is 4.74 Å². The molecule has 132 valence electrons. The molecule has 0 spiro atoms. The van der Waals surface area contributed by atoms with E-state index in [9.17, 15) is 9.59 Å². The molecule has 0 radical (unpaired) electrons. The number of carbonyl (C=O) groups excluding carboxylic acids is 2. The highest BCUT2D eigenvalue weighted by atomic mass is 16.5. The molecule has 0 saturated carbocycles. The van der Waals surface area contributed by atoms with Crippen molar-refractivity contribution in [1.29, 1.82) is 0 Å². The summed E-state index contributed by atoms with van der Waals surface area (Å²) in [5.74, 6) is 0.587. The van der Waals surface area contributed by atoms with Crippen LogP contribution < -0.4 is 10.6 Å². The number of rotatable bonds is 6. The molecule has 1 fully saturated rings. The third-order valence-electron chi connectivity index (χ3n) is 4.23. The average Bonchev–Trinajstić information content (AvgIpc) is 3.06. The van der Waals surface area contributed by atoms with Gasteiger partial charge in [-0.3, -0.25) is 4.79 Å². The molecule has 1 aliphatic rings. The Labute approximate surface area is 143 Å². The van der Waals surface area contributed by atoms with E-state index in [0.29, 0.717) is 23.7 Å². The Morgan fingerprint density at radius 1 is 1.33 bits per heavy atom. The number of anilines is 1. The first kappa shape index (κ1) is 18.3. The molecule has 1 aromatic carbocycles. The number of carbonyl (C=O) groups is 2. The van der Waals surface area contributed by atoms with Crippen molar-refractivity contribution < 1.29 is 14.3 Å². The van der Waals surface area contributed by atoms with Gasteiger partial charge < -0.3 is 20.3 Å². The number of nitrogens with one attached hydrogen (secondary N) is 2. The maximum Gasteiger partial charge on any atom is 0.319 e. The van der Waals surface area contributed by atoms with Gasteiger partial charge in [-0.05, 0) is 55.9 Å². The number of benzene rings is 1. The van der Waals surface area contributed by atoms with Crippen LogP contribution in [0.15, 0.2) is 18.2 Å². The maximum atomic E-state index is 12.0. The quantitative estimate of drug-likeness (QED) is 0.786. The van der Waals surface area contributed by atoms with Crippen LogP contribution in [0.25, 0.3) is 0 Å². The smallest absolute Gasteiger partial charge is 0.319 e. The Hall–Kier alpha value is -2.08. The van der Waals surface area contributed by atoms with Crippen LogP contribution in [-0.4, -0.2) is 50.7 Å². The van der Waals surface area contributed by atoms with Crippen molar-refractivity contribution in [3.05, 3.63) is 29.3 Å². The summed E-state index contributed by atoms with van der Waals surface area (Å²) < 4.78 is 5.34. The molecule has 1 atom stereocenters. The first-order valence-corrected chi connectivity index (χ1v) is 8.42. The SMILES string of the molecule is Cc1cc(C(=O)N(C)C)ccc1NC(=O)NCCCC1CCOC1. The van der Waals surface area contributed by atoms with Gasteiger partial charge >= 0.3 is 6.03 Å². The van der Waals surface area contributed by atoms with Gasteiger partial charge in [0.2, 0.25) is 0 Å². The van der Waals surface area contributed by atoms with Crippen LogP contribution in [0.5, 0.6) is 0 Å². The summed E-state index contributed by atoms with van der Waals surface area (Å²) in [6, 6.07) is 5.07. The van der Waals surface area contributed by atoms with E-state index in [2.05, 4.69) is 10.6 Å². The lowest BCUT2D eigenvalue weighted by Crippen LogP contribution is -2.30. The molecule has 2 rings (SSSR count). The molecule has 2 N–H and O–H groups in total. The number of aryl methyl sites for hydroxylation is 1. The van der Waals surface area contributed by atoms with Crippen molar-refractivity contribution in [1.82, 2.24) is 10.2 Å². The van der Waals surface area contributed by atoms with E-state index in [1.807, 2.05) is 6.92 Å². The predicted octanol–water partition coefficient (Wildman–Crippen LogP) is 2.64. The predicted molar refractivity (Wildman–Crippen MR) is 94.4 cm³/mol. The molecule has 0 bridgehead atoms. The minimum absolute atomic E-state index is 0.0509. The van der Waals surface area contributed by atoms with Crippen molar-refractivity contribution in [3.8, 4) is 0 Å². The average molecular weight is 333 g/mol. The van der Waals surface area contributed by atoms with Crippen LogP contribution in [0.2, 0.25) is 0 Å². The second kappa shape index (κ2) is 8.68. The van der Waals surface area contributed by atoms with Gasteiger partial charge in [-0.2, -0.15) is 0 Å². The van der Waals surface area contributed by atoms with Gasteiger partial charge in [0.25, 0.3) is 5.91 Å². The molecule has 24 heavy (non-hydrogen) atoms. The lowest BCUT2D eigenvalue weighted by atomic mass is 10.0. The van der Waals surface area contributed by atoms with E-state index >= 15 is 0 Å². The van der Waals surface area contributed by atoms with Gasteiger partial charge in [0.1, 0.15) is 0 Å². The van der Waals surface area contributed by atoms with Gasteiger partial charge in [0, 0.05) is 45.1 Å². The van der Waals surface area contributed by atoms with Crippen molar-refractivity contribution in [3.63, 3.8) is 0 Å². The molecule has 1 saturated heterocycles. The zero-order valence-corrected chi connectivity index (χ0v) is 14.7. The van der Waals surface area contributed by atoms with Crippen LogP contribution in [0, 0.1) is 12.8 Å². The number of nitrogens with zero attached hydrogens (tertiary/aromatic N) is 1. The summed E-state index contributed by atoms with van der Waals surface area (Å²) in [4.78, 5) is 25.4. The summed E-state index contributed by atoms with van der Waals surface area (Å²) in [5.41, 5.74) is 2.19. The molecule has 6 nitrogen and oxygen atoms in total. The molecule has 3 amide bonds. The van der Waals surface area contributed by atoms with Crippen molar-refractivity contribution in [2.24, 2.45) is 5.92 Å². The molecule has 1 aliphatic heterocycles. The summed E-state index contributed by atoms with van der Waals surface area (Å²) in [6.45, 7) is 4.24. The molecule has 1 aromatic rings. The number of hydrogen-bond acceptors (Lipinski definition) is 3. The summed E-state index contributed by atoms with van der Waals surface area (Å²) in [5, 5.41) is 5.71. The summed E-state index contributed by atoms with van der Waals surface area (Å²) in [7, 11) is 3.43. The standard InChI is InChI=1S/C18H27N3O3/c1-13-11-15(17(22)21(2)3)6-7-16(13)20-18(23)19-9-4-5-14-8-10-24-12-14/h6-7,11,14H,4-5,8-10,12H2,1-3H3,(H2,19,20,23). The molecule has 0 aromatic heterocycles. The monoisotopic (exact) mass is 333 g/mol. The number of ether oxygens (including phenoxy) is 1. The van der Waals surface area contributed by atoms with Gasteiger partial charge in [0.05, 0.1) is 0 Å². The first-order valence-electron chi connectivity index (χ1n) is 8.42. The minimum atomic E-state index is -0.215. The Morgan fingerprint density at radius 3 is 2.75 bits per heavy atom. The fourth-order valence-electron chi connectivity index (χ4n) is 2.77. The van der Waals surface area contributed by atoms with Crippen LogP contribution in [0.4, 0.5) is 10.5 Å². The zero-order chi connectivity index (χ0) is 17.5. The van der Waals surface area contributed by atoms with E-state index < -0.39 is 0 Å². The fraction of sp³-hybridized carbons (Fsp3) is 0.556. The third kappa shape index (κ3) is 5.23. The summed E-state index contributed by atoms with van der Waals surface area (Å²) >= 11 is 0. The topological polar surface area (TPSA) is 70.7 Å². The maximum absolute atomic E-state index is 12.0. The van der Waals surface area contributed by atoms with Crippen LogP contribution >= 0.6 is 0 Å². The fourth-order valence-corrected chi connectivity index (χ4v) is 2.77. The Morgan fingerprint density at radius 2 is 2.12 bits per heavy atom. The zero-order valence-electron chi connectivity index (χ0n) is 14.7. The van der Waals surface area contributed by atoms with Crippen LogP contribution in [-0.2, 0) is 4.74 Å². The van der Waals surface area contributed by atoms with E-state index in [0.717, 1.165) is 38.0 Å². The molecule has 0 aliphatic carbocycles. The molecule has 6 heteroatoms. The Kier molecular flexibility index (Phi) is 6.61. The highest BCUT2D eigenvalue weighted by molar-refractivity contribution is 5.96. The lowest BCUT2D eigenvalue weighted by molar-refractivity contribution is 0.0827. The largest absolute Gasteiger partial charge is 0.381 e. The number of amides is 3. The first-order chi connectivity index (χ1) is 11.5.